The van der Waals surface area contributed by atoms with Crippen LogP contribution in [0.2, 0.25) is 0 Å². The second-order valence-corrected chi connectivity index (χ2v) is 3.57. The molecule has 0 aromatic heterocycles. The van der Waals surface area contributed by atoms with Gasteiger partial charge >= 0.3 is 0 Å². The topological polar surface area (TPSA) is 23.8 Å². The summed E-state index contributed by atoms with van der Waals surface area (Å²) in [5, 5.41) is 9.72. The van der Waals surface area contributed by atoms with E-state index in [-0.39, 0.29) is 0 Å². The molecule has 1 unspecified atom stereocenters. The lowest BCUT2D eigenvalue weighted by Crippen LogP contribution is -1.94. The first-order valence-corrected chi connectivity index (χ1v) is 5.42. The van der Waals surface area contributed by atoms with Crippen LogP contribution in [0.4, 0.5) is 0 Å². The van der Waals surface area contributed by atoms with Gasteiger partial charge in [-0.25, -0.2) is 0 Å². The molecule has 0 aliphatic carbocycles. The predicted molar refractivity (Wildman–Crippen MR) is 51.7 cm³/mol. The van der Waals surface area contributed by atoms with Gasteiger partial charge in [0.2, 0.25) is 0 Å². The molecule has 0 aliphatic rings. The molecule has 0 aliphatic heterocycles. The van der Waals surface area contributed by atoms with E-state index in [0.717, 1.165) is 18.2 Å². The van der Waals surface area contributed by atoms with E-state index in [4.69, 9.17) is 5.26 Å². The highest BCUT2D eigenvalue weighted by Crippen LogP contribution is 2.12. The Morgan fingerprint density at radius 2 is 2.09 bits per heavy atom. The zero-order valence-electron chi connectivity index (χ0n) is 7.15. The number of hydrogen-bond donors (Lipinski definition) is 0. The van der Waals surface area contributed by atoms with Gasteiger partial charge in [-0.15, -0.1) is 0 Å². The summed E-state index contributed by atoms with van der Waals surface area (Å²) in [6.07, 6.45) is 5.79. The van der Waals surface area contributed by atoms with Gasteiger partial charge in [0.15, 0.2) is 0 Å². The van der Waals surface area contributed by atoms with Crippen LogP contribution in [0.5, 0.6) is 0 Å². The molecule has 0 saturated heterocycles. The Hall–Kier alpha value is -0.0300. The first-order valence-electron chi connectivity index (χ1n) is 4.30. The molecular weight excluding hydrogens is 202 g/mol. The number of unbranched alkanes of at least 4 members (excludes halogenated alkanes) is 2. The standard InChI is InChI=1S/C9H16BrN/c1-2-9(8-11)6-4-3-5-7-10/h9H,2-7H2,1H3. The second-order valence-electron chi connectivity index (χ2n) is 2.77. The largest absolute Gasteiger partial charge is 0.198 e. The summed E-state index contributed by atoms with van der Waals surface area (Å²) in [7, 11) is 0. The quantitative estimate of drug-likeness (QED) is 0.494. The average Bonchev–Trinajstić information content (AvgIpc) is 2.05. The maximum absolute atomic E-state index is 8.62. The number of nitrogens with zero attached hydrogens (tertiary/aromatic N) is 1. The van der Waals surface area contributed by atoms with Gasteiger partial charge in [-0.1, -0.05) is 35.7 Å². The van der Waals surface area contributed by atoms with Crippen molar-refractivity contribution in [3.8, 4) is 6.07 Å². The summed E-state index contributed by atoms with van der Waals surface area (Å²) in [5.74, 6) is 0.297. The highest BCUT2D eigenvalue weighted by molar-refractivity contribution is 9.09. The SMILES string of the molecule is CCC(C#N)CCCCCBr. The minimum absolute atomic E-state index is 0.297. The monoisotopic (exact) mass is 217 g/mol. The Balaban J connectivity index is 3.16. The fraction of sp³-hybridized carbons (Fsp3) is 0.889. The fourth-order valence-corrected chi connectivity index (χ4v) is 1.42. The molecule has 11 heavy (non-hydrogen) atoms. The molecule has 0 aromatic rings. The molecule has 0 saturated carbocycles. The van der Waals surface area contributed by atoms with Crippen molar-refractivity contribution in [2.45, 2.75) is 39.0 Å². The lowest BCUT2D eigenvalue weighted by molar-refractivity contribution is 0.537. The van der Waals surface area contributed by atoms with Crippen LogP contribution in [0, 0.1) is 17.2 Å². The molecule has 0 radical (unpaired) electrons. The van der Waals surface area contributed by atoms with E-state index in [1.165, 1.54) is 19.3 Å². The van der Waals surface area contributed by atoms with E-state index in [9.17, 15) is 0 Å². The maximum atomic E-state index is 8.62. The van der Waals surface area contributed by atoms with Crippen LogP contribution in [0.15, 0.2) is 0 Å². The molecule has 2 heteroatoms. The van der Waals surface area contributed by atoms with Crippen molar-refractivity contribution in [3.63, 3.8) is 0 Å². The molecule has 0 heterocycles. The zero-order chi connectivity index (χ0) is 8.53. The second kappa shape index (κ2) is 8.07. The van der Waals surface area contributed by atoms with Crippen molar-refractivity contribution < 1.29 is 0 Å². The van der Waals surface area contributed by atoms with E-state index >= 15 is 0 Å². The third-order valence-corrected chi connectivity index (χ3v) is 2.42. The summed E-state index contributed by atoms with van der Waals surface area (Å²) in [4.78, 5) is 0. The lowest BCUT2D eigenvalue weighted by atomic mass is 10.0. The predicted octanol–water partition coefficient (Wildman–Crippen LogP) is 3.49. The van der Waals surface area contributed by atoms with Crippen LogP contribution >= 0.6 is 15.9 Å². The van der Waals surface area contributed by atoms with Crippen LogP contribution in [0.3, 0.4) is 0 Å². The van der Waals surface area contributed by atoms with Crippen molar-refractivity contribution in [3.05, 3.63) is 0 Å². The molecule has 0 amide bonds. The van der Waals surface area contributed by atoms with Crippen LogP contribution < -0.4 is 0 Å². The normalized spacial score (nSPS) is 12.5. The molecule has 0 aromatic carbocycles. The smallest absolute Gasteiger partial charge is 0.0655 e. The van der Waals surface area contributed by atoms with E-state index in [1.807, 2.05) is 0 Å². The van der Waals surface area contributed by atoms with Gasteiger partial charge in [-0.3, -0.25) is 0 Å². The van der Waals surface area contributed by atoms with Crippen molar-refractivity contribution >= 4 is 15.9 Å². The van der Waals surface area contributed by atoms with Gasteiger partial charge in [0, 0.05) is 11.2 Å². The third-order valence-electron chi connectivity index (χ3n) is 1.86. The Labute approximate surface area is 77.9 Å². The lowest BCUT2D eigenvalue weighted by Gasteiger charge is -2.03. The van der Waals surface area contributed by atoms with Gasteiger partial charge < -0.3 is 0 Å². The van der Waals surface area contributed by atoms with E-state index in [1.54, 1.807) is 0 Å². The Bertz CT molecular complexity index is 117. The van der Waals surface area contributed by atoms with Crippen LogP contribution in [-0.2, 0) is 0 Å². The van der Waals surface area contributed by atoms with E-state index in [0.29, 0.717) is 5.92 Å². The summed E-state index contributed by atoms with van der Waals surface area (Å²) in [5.41, 5.74) is 0. The van der Waals surface area contributed by atoms with Crippen LogP contribution in [0.25, 0.3) is 0 Å². The molecule has 0 rings (SSSR count). The number of alkyl halides is 1. The number of nitriles is 1. The van der Waals surface area contributed by atoms with Gasteiger partial charge in [-0.2, -0.15) is 5.26 Å². The summed E-state index contributed by atoms with van der Waals surface area (Å²) in [6, 6.07) is 2.32. The van der Waals surface area contributed by atoms with E-state index in [2.05, 4.69) is 28.9 Å². The van der Waals surface area contributed by atoms with Gasteiger partial charge in [0.05, 0.1) is 6.07 Å². The Morgan fingerprint density at radius 3 is 2.55 bits per heavy atom. The molecule has 0 N–H and O–H groups in total. The molecule has 1 nitrogen and oxygen atoms in total. The highest BCUT2D eigenvalue weighted by Gasteiger charge is 2.02. The highest BCUT2D eigenvalue weighted by atomic mass is 79.9. The summed E-state index contributed by atoms with van der Waals surface area (Å²) >= 11 is 3.39. The number of hydrogen-bond acceptors (Lipinski definition) is 1. The minimum Gasteiger partial charge on any atom is -0.198 e. The van der Waals surface area contributed by atoms with Crippen molar-refractivity contribution in [1.29, 1.82) is 5.26 Å². The zero-order valence-corrected chi connectivity index (χ0v) is 8.73. The van der Waals surface area contributed by atoms with Crippen LogP contribution in [-0.4, -0.2) is 5.33 Å². The number of rotatable bonds is 6. The van der Waals surface area contributed by atoms with Crippen molar-refractivity contribution in [1.82, 2.24) is 0 Å². The van der Waals surface area contributed by atoms with Crippen molar-refractivity contribution in [2.75, 3.05) is 5.33 Å². The van der Waals surface area contributed by atoms with Gasteiger partial charge in [0.25, 0.3) is 0 Å². The number of halogens is 1. The minimum atomic E-state index is 0.297. The molecule has 0 bridgehead atoms. The maximum Gasteiger partial charge on any atom is 0.0655 e. The average molecular weight is 218 g/mol. The molecule has 0 fully saturated rings. The summed E-state index contributed by atoms with van der Waals surface area (Å²) < 4.78 is 0. The Morgan fingerprint density at radius 1 is 1.36 bits per heavy atom. The fourth-order valence-electron chi connectivity index (χ4n) is 1.02. The summed E-state index contributed by atoms with van der Waals surface area (Å²) in [6.45, 7) is 2.08. The van der Waals surface area contributed by atoms with Gasteiger partial charge in [-0.05, 0) is 19.3 Å². The van der Waals surface area contributed by atoms with Gasteiger partial charge in [0.1, 0.15) is 0 Å². The van der Waals surface area contributed by atoms with Crippen LogP contribution in [0.1, 0.15) is 39.0 Å². The molecule has 0 spiro atoms. The van der Waals surface area contributed by atoms with E-state index < -0.39 is 0 Å². The molecule has 64 valence electrons. The first-order chi connectivity index (χ1) is 5.35. The molecular formula is C9H16BrN. The Kier molecular flexibility index (Phi) is 8.05. The van der Waals surface area contributed by atoms with Crippen molar-refractivity contribution in [2.24, 2.45) is 5.92 Å². The molecule has 1 atom stereocenters. The third kappa shape index (κ3) is 6.37. The first kappa shape index (κ1) is 11.0.